The Hall–Kier alpha value is -3.06. The van der Waals surface area contributed by atoms with Crippen molar-refractivity contribution in [1.82, 2.24) is 0 Å². The van der Waals surface area contributed by atoms with Crippen molar-refractivity contribution in [2.75, 3.05) is 0 Å². The van der Waals surface area contributed by atoms with Crippen molar-refractivity contribution in [1.29, 1.82) is 0 Å². The molecule has 0 fully saturated rings. The van der Waals surface area contributed by atoms with Crippen molar-refractivity contribution in [3.63, 3.8) is 0 Å². The van der Waals surface area contributed by atoms with Gasteiger partial charge in [-0.05, 0) is 27.8 Å². The fraction of sp³-hybridized carbons (Fsp3) is 0.0400. The monoisotopic (exact) mass is 330 g/mol. The normalized spacial score (nSPS) is 10.8. The van der Waals surface area contributed by atoms with Gasteiger partial charge in [0.15, 0.2) is 0 Å². The third-order valence-electron chi connectivity index (χ3n) is 4.75. The second-order valence-electron chi connectivity index (χ2n) is 6.50. The van der Waals surface area contributed by atoms with Crippen LogP contribution in [0.5, 0.6) is 0 Å². The first-order valence-corrected chi connectivity index (χ1v) is 8.87. The van der Waals surface area contributed by atoms with Crippen LogP contribution < -0.4 is 5.46 Å². The third kappa shape index (κ3) is 3.48. The van der Waals surface area contributed by atoms with Crippen LogP contribution in [0.3, 0.4) is 0 Å². The lowest BCUT2D eigenvalue weighted by Gasteiger charge is -2.19. The number of benzene rings is 4. The van der Waals surface area contributed by atoms with E-state index in [-0.39, 0.29) is 5.92 Å². The molecule has 0 saturated heterocycles. The summed E-state index contributed by atoms with van der Waals surface area (Å²) in [4.78, 5) is 0. The second-order valence-corrected chi connectivity index (χ2v) is 6.50. The molecular formula is C25H19B. The summed E-state index contributed by atoms with van der Waals surface area (Å²) in [5, 5.41) is 0. The summed E-state index contributed by atoms with van der Waals surface area (Å²) in [5.74, 6) is 0.234. The van der Waals surface area contributed by atoms with Gasteiger partial charge in [0.25, 0.3) is 0 Å². The second kappa shape index (κ2) is 7.45. The van der Waals surface area contributed by atoms with E-state index in [1.165, 1.54) is 27.8 Å². The van der Waals surface area contributed by atoms with Crippen molar-refractivity contribution in [2.24, 2.45) is 0 Å². The van der Waals surface area contributed by atoms with E-state index in [4.69, 9.17) is 7.85 Å². The molecule has 4 aromatic carbocycles. The van der Waals surface area contributed by atoms with Crippen LogP contribution >= 0.6 is 0 Å². The quantitative estimate of drug-likeness (QED) is 0.350. The Kier molecular flexibility index (Phi) is 4.70. The predicted octanol–water partition coefficient (Wildman–Crippen LogP) is 5.33. The van der Waals surface area contributed by atoms with Crippen LogP contribution in [0.4, 0.5) is 0 Å². The zero-order valence-electron chi connectivity index (χ0n) is 14.5. The maximum atomic E-state index is 5.80. The van der Waals surface area contributed by atoms with Crippen molar-refractivity contribution in [3.8, 4) is 11.1 Å². The van der Waals surface area contributed by atoms with Gasteiger partial charge in [-0.3, -0.25) is 0 Å². The van der Waals surface area contributed by atoms with Crippen molar-refractivity contribution in [3.05, 3.63) is 126 Å². The zero-order chi connectivity index (χ0) is 17.8. The summed E-state index contributed by atoms with van der Waals surface area (Å²) in [6, 6.07) is 38.2. The molecule has 0 heterocycles. The lowest BCUT2D eigenvalue weighted by molar-refractivity contribution is 0.978. The van der Waals surface area contributed by atoms with Crippen LogP contribution in [0.15, 0.2) is 109 Å². The molecule has 0 saturated carbocycles. The molecule has 0 aromatic heterocycles. The molecule has 2 radical (unpaired) electrons. The van der Waals surface area contributed by atoms with Crippen LogP contribution in [0.25, 0.3) is 11.1 Å². The third-order valence-corrected chi connectivity index (χ3v) is 4.75. The lowest BCUT2D eigenvalue weighted by atomic mass is 9.84. The fourth-order valence-electron chi connectivity index (χ4n) is 3.41. The molecule has 0 amide bonds. The average Bonchev–Trinajstić information content (AvgIpc) is 2.71. The van der Waals surface area contributed by atoms with Crippen LogP contribution in [0.2, 0.25) is 0 Å². The van der Waals surface area contributed by atoms with Crippen molar-refractivity contribution in [2.45, 2.75) is 5.92 Å². The van der Waals surface area contributed by atoms with Gasteiger partial charge < -0.3 is 0 Å². The zero-order valence-corrected chi connectivity index (χ0v) is 14.5. The average molecular weight is 330 g/mol. The Morgan fingerprint density at radius 2 is 0.808 bits per heavy atom. The van der Waals surface area contributed by atoms with Gasteiger partial charge in [-0.1, -0.05) is 115 Å². The maximum Gasteiger partial charge on any atom is 0.113 e. The van der Waals surface area contributed by atoms with E-state index in [1.807, 2.05) is 12.1 Å². The first-order chi connectivity index (χ1) is 12.8. The minimum absolute atomic E-state index is 0.234. The summed E-state index contributed by atoms with van der Waals surface area (Å²) >= 11 is 0. The Morgan fingerprint density at radius 1 is 0.423 bits per heavy atom. The summed E-state index contributed by atoms with van der Waals surface area (Å²) < 4.78 is 0. The van der Waals surface area contributed by atoms with E-state index in [0.29, 0.717) is 0 Å². The first-order valence-electron chi connectivity index (χ1n) is 8.87. The van der Waals surface area contributed by atoms with Gasteiger partial charge >= 0.3 is 0 Å². The molecule has 0 aliphatic rings. The molecule has 0 spiro atoms. The minimum Gasteiger partial charge on any atom is -0.0966 e. The molecule has 0 unspecified atom stereocenters. The summed E-state index contributed by atoms with van der Waals surface area (Å²) in [5.41, 5.74) is 7.08. The van der Waals surface area contributed by atoms with Crippen molar-refractivity contribution >= 4 is 13.3 Å². The maximum absolute atomic E-state index is 5.80. The molecule has 122 valence electrons. The van der Waals surface area contributed by atoms with Crippen LogP contribution in [0.1, 0.15) is 22.6 Å². The van der Waals surface area contributed by atoms with E-state index in [1.54, 1.807) is 0 Å². The van der Waals surface area contributed by atoms with Crippen LogP contribution in [-0.4, -0.2) is 7.85 Å². The number of hydrogen-bond acceptors (Lipinski definition) is 0. The highest BCUT2D eigenvalue weighted by Gasteiger charge is 2.16. The SMILES string of the molecule is [B]c1ccc(-c2ccc(C(c3ccccc3)c3ccccc3)cc2)cc1. The smallest absolute Gasteiger partial charge is 0.0966 e. The highest BCUT2D eigenvalue weighted by molar-refractivity contribution is 6.32. The van der Waals surface area contributed by atoms with Gasteiger partial charge in [-0.25, -0.2) is 0 Å². The predicted molar refractivity (Wildman–Crippen MR) is 111 cm³/mol. The van der Waals surface area contributed by atoms with E-state index in [9.17, 15) is 0 Å². The molecule has 0 aliphatic carbocycles. The van der Waals surface area contributed by atoms with Crippen LogP contribution in [0, 0.1) is 0 Å². The Labute approximate surface area is 156 Å². The van der Waals surface area contributed by atoms with Gasteiger partial charge in [-0.15, -0.1) is 0 Å². The molecule has 0 atom stereocenters. The Morgan fingerprint density at radius 3 is 1.27 bits per heavy atom. The molecule has 1 heteroatoms. The summed E-state index contributed by atoms with van der Waals surface area (Å²) in [6.45, 7) is 0. The van der Waals surface area contributed by atoms with Crippen molar-refractivity contribution < 1.29 is 0 Å². The molecule has 4 rings (SSSR count). The Bertz CT molecular complexity index is 917. The first kappa shape index (κ1) is 16.4. The number of rotatable bonds is 4. The molecule has 4 aromatic rings. The largest absolute Gasteiger partial charge is 0.113 e. The molecule has 0 aliphatic heterocycles. The number of hydrogen-bond donors (Lipinski definition) is 0. The van der Waals surface area contributed by atoms with E-state index < -0.39 is 0 Å². The summed E-state index contributed by atoms with van der Waals surface area (Å²) in [7, 11) is 5.80. The fourth-order valence-corrected chi connectivity index (χ4v) is 3.41. The molecule has 0 N–H and O–H groups in total. The van der Waals surface area contributed by atoms with Crippen LogP contribution in [-0.2, 0) is 0 Å². The molecule has 0 nitrogen and oxygen atoms in total. The van der Waals surface area contributed by atoms with Gasteiger partial charge in [-0.2, -0.15) is 0 Å². The Balaban J connectivity index is 1.73. The van der Waals surface area contributed by atoms with E-state index >= 15 is 0 Å². The molecule has 0 bridgehead atoms. The van der Waals surface area contributed by atoms with Gasteiger partial charge in [0.2, 0.25) is 0 Å². The van der Waals surface area contributed by atoms with Gasteiger partial charge in [0.1, 0.15) is 7.85 Å². The molecular weight excluding hydrogens is 311 g/mol. The van der Waals surface area contributed by atoms with Gasteiger partial charge in [0.05, 0.1) is 0 Å². The standard InChI is InChI=1S/C25H19B/c26-24-17-15-20(16-18-24)19-11-13-23(14-12-19)25(21-7-3-1-4-8-21)22-9-5-2-6-10-22/h1-18,25H. The highest BCUT2D eigenvalue weighted by atomic mass is 14.2. The topological polar surface area (TPSA) is 0 Å². The highest BCUT2D eigenvalue weighted by Crippen LogP contribution is 2.32. The van der Waals surface area contributed by atoms with E-state index in [2.05, 4.69) is 97.1 Å². The minimum atomic E-state index is 0.234. The van der Waals surface area contributed by atoms with E-state index in [0.717, 1.165) is 5.46 Å². The lowest BCUT2D eigenvalue weighted by Crippen LogP contribution is -2.03. The van der Waals surface area contributed by atoms with Gasteiger partial charge in [0, 0.05) is 5.92 Å². The molecule has 26 heavy (non-hydrogen) atoms. The summed E-state index contributed by atoms with van der Waals surface area (Å²) in [6.07, 6.45) is 0.